The van der Waals surface area contributed by atoms with Crippen molar-refractivity contribution in [1.29, 1.82) is 0 Å². The van der Waals surface area contributed by atoms with Crippen LogP contribution in [-0.4, -0.2) is 66.7 Å². The van der Waals surface area contributed by atoms with Gasteiger partial charge in [-0.15, -0.1) is 0 Å². The smallest absolute Gasteiger partial charge is 0.408 e. The molecule has 1 aliphatic rings. The van der Waals surface area contributed by atoms with E-state index in [1.54, 1.807) is 6.92 Å². The normalized spacial score (nSPS) is 14.9. The Morgan fingerprint density at radius 2 is 1.65 bits per heavy atom. The first-order valence-electron chi connectivity index (χ1n) is 11.1. The van der Waals surface area contributed by atoms with Gasteiger partial charge in [0.05, 0.1) is 19.1 Å². The lowest BCUT2D eigenvalue weighted by molar-refractivity contribution is -0.139. The molecule has 0 saturated carbocycles. The Labute approximate surface area is 198 Å². The summed E-state index contributed by atoms with van der Waals surface area (Å²) in [7, 11) is 1.40. The van der Waals surface area contributed by atoms with Crippen molar-refractivity contribution < 1.29 is 34.1 Å². The van der Waals surface area contributed by atoms with E-state index in [0.717, 1.165) is 22.3 Å². The first kappa shape index (κ1) is 25.2. The third-order valence-electron chi connectivity index (χ3n) is 6.02. The molecule has 4 N–H and O–H groups in total. The van der Waals surface area contributed by atoms with E-state index in [9.17, 15) is 19.5 Å². The molecular formula is C25H30N2O7. The number of aliphatic hydroxyl groups is 1. The molecule has 0 saturated heterocycles. The molecule has 2 atom stereocenters. The van der Waals surface area contributed by atoms with E-state index in [2.05, 4.69) is 10.6 Å². The predicted molar refractivity (Wildman–Crippen MR) is 124 cm³/mol. The Kier molecular flexibility index (Phi) is 8.25. The summed E-state index contributed by atoms with van der Waals surface area (Å²) in [6.07, 6.45) is -2.36. The second-order valence-corrected chi connectivity index (χ2v) is 8.28. The minimum absolute atomic E-state index is 0.0889. The number of nitrogens with one attached hydrogen (secondary N) is 2. The number of fused-ring (bicyclic) bond motifs is 3. The first-order valence-corrected chi connectivity index (χ1v) is 11.1. The SMILES string of the molecule is CCC(COC)(NC(=O)OCC1c2ccccc2-c2ccccc21)C(=O)NCC(O)CC(=O)O. The third-order valence-corrected chi connectivity index (χ3v) is 6.02. The number of hydrogen-bond acceptors (Lipinski definition) is 6. The average Bonchev–Trinajstić information content (AvgIpc) is 3.14. The number of alkyl carbamates (subject to hydrolysis) is 1. The minimum atomic E-state index is -1.44. The standard InChI is InChI=1S/C25H30N2O7/c1-3-25(15-33-2,23(31)26-13-16(28)12-22(29)30)27-24(32)34-14-21-19-10-6-4-8-17(19)18-9-5-7-11-20(18)21/h4-11,16,21,28H,3,12-15H2,1-2H3,(H,26,31)(H,27,32)(H,29,30). The van der Waals surface area contributed by atoms with E-state index in [1.807, 2.05) is 48.5 Å². The molecule has 1 aliphatic carbocycles. The molecule has 2 aromatic rings. The second-order valence-electron chi connectivity index (χ2n) is 8.28. The molecule has 182 valence electrons. The van der Waals surface area contributed by atoms with Crippen LogP contribution in [0.15, 0.2) is 48.5 Å². The van der Waals surface area contributed by atoms with Crippen molar-refractivity contribution in [3.8, 4) is 11.1 Å². The lowest BCUT2D eigenvalue weighted by Gasteiger charge is -2.31. The Balaban J connectivity index is 1.67. The third kappa shape index (κ3) is 5.55. The van der Waals surface area contributed by atoms with Crippen LogP contribution in [0.1, 0.15) is 36.8 Å². The van der Waals surface area contributed by atoms with Gasteiger partial charge < -0.3 is 30.3 Å². The van der Waals surface area contributed by atoms with Gasteiger partial charge in [0.25, 0.3) is 0 Å². The van der Waals surface area contributed by atoms with Crippen molar-refractivity contribution in [2.24, 2.45) is 0 Å². The zero-order valence-electron chi connectivity index (χ0n) is 19.2. The highest BCUT2D eigenvalue weighted by Gasteiger charge is 2.39. The van der Waals surface area contributed by atoms with E-state index >= 15 is 0 Å². The quantitative estimate of drug-likeness (QED) is 0.396. The summed E-state index contributed by atoms with van der Waals surface area (Å²) in [4.78, 5) is 36.4. The van der Waals surface area contributed by atoms with Crippen molar-refractivity contribution in [1.82, 2.24) is 10.6 Å². The Bertz CT molecular complexity index is 996. The Morgan fingerprint density at radius 3 is 2.18 bits per heavy atom. The number of aliphatic carboxylic acids is 1. The van der Waals surface area contributed by atoms with Crippen molar-refractivity contribution in [3.05, 3.63) is 59.7 Å². The lowest BCUT2D eigenvalue weighted by Crippen LogP contribution is -2.62. The van der Waals surface area contributed by atoms with Crippen LogP contribution in [-0.2, 0) is 19.1 Å². The fourth-order valence-corrected chi connectivity index (χ4v) is 4.24. The molecule has 34 heavy (non-hydrogen) atoms. The molecule has 0 heterocycles. The molecule has 0 spiro atoms. The summed E-state index contributed by atoms with van der Waals surface area (Å²) < 4.78 is 10.7. The summed E-state index contributed by atoms with van der Waals surface area (Å²) in [5.74, 6) is -1.91. The monoisotopic (exact) mass is 470 g/mol. The lowest BCUT2D eigenvalue weighted by atomic mass is 9.95. The number of ether oxygens (including phenoxy) is 2. The van der Waals surface area contributed by atoms with Crippen molar-refractivity contribution >= 4 is 18.0 Å². The molecular weight excluding hydrogens is 440 g/mol. The van der Waals surface area contributed by atoms with Crippen molar-refractivity contribution in [3.63, 3.8) is 0 Å². The number of carboxylic acid groups (broad SMARTS) is 1. The average molecular weight is 471 g/mol. The number of amides is 2. The number of rotatable bonds is 11. The summed E-state index contributed by atoms with van der Waals surface area (Å²) in [5, 5.41) is 23.6. The summed E-state index contributed by atoms with van der Waals surface area (Å²) >= 11 is 0. The van der Waals surface area contributed by atoms with Crippen molar-refractivity contribution in [2.75, 3.05) is 26.9 Å². The molecule has 3 rings (SSSR count). The van der Waals surface area contributed by atoms with E-state index in [4.69, 9.17) is 14.6 Å². The number of hydrogen-bond donors (Lipinski definition) is 4. The van der Waals surface area contributed by atoms with Gasteiger partial charge in [-0.1, -0.05) is 55.5 Å². The van der Waals surface area contributed by atoms with Gasteiger partial charge in [-0.3, -0.25) is 9.59 Å². The van der Waals surface area contributed by atoms with Gasteiger partial charge >= 0.3 is 12.1 Å². The van der Waals surface area contributed by atoms with Gasteiger partial charge in [-0.05, 0) is 28.7 Å². The molecule has 9 nitrogen and oxygen atoms in total. The summed E-state index contributed by atoms with van der Waals surface area (Å²) in [6, 6.07) is 15.9. The van der Waals surface area contributed by atoms with Crippen LogP contribution >= 0.6 is 0 Å². The van der Waals surface area contributed by atoms with Gasteiger partial charge in [0.15, 0.2) is 0 Å². The number of carbonyl (C=O) groups is 3. The van der Waals surface area contributed by atoms with Gasteiger partial charge in [-0.2, -0.15) is 0 Å². The van der Waals surface area contributed by atoms with Crippen LogP contribution in [0, 0.1) is 0 Å². The topological polar surface area (TPSA) is 134 Å². The molecule has 0 aliphatic heterocycles. The van der Waals surface area contributed by atoms with E-state index in [1.165, 1.54) is 7.11 Å². The van der Waals surface area contributed by atoms with Gasteiger partial charge in [0.1, 0.15) is 12.1 Å². The van der Waals surface area contributed by atoms with Gasteiger partial charge in [0.2, 0.25) is 5.91 Å². The zero-order valence-corrected chi connectivity index (χ0v) is 19.2. The van der Waals surface area contributed by atoms with Crippen LogP contribution in [0.3, 0.4) is 0 Å². The zero-order chi connectivity index (χ0) is 24.7. The first-order chi connectivity index (χ1) is 16.3. The molecule has 0 fully saturated rings. The van der Waals surface area contributed by atoms with Crippen LogP contribution in [0.5, 0.6) is 0 Å². The number of carbonyl (C=O) groups excluding carboxylic acids is 2. The van der Waals surface area contributed by atoms with Gasteiger partial charge in [-0.25, -0.2) is 4.79 Å². The highest BCUT2D eigenvalue weighted by molar-refractivity contribution is 5.90. The highest BCUT2D eigenvalue weighted by atomic mass is 16.5. The fraction of sp³-hybridized carbons (Fsp3) is 0.400. The Hall–Kier alpha value is -3.43. The molecule has 2 aromatic carbocycles. The van der Waals surface area contributed by atoms with Gasteiger partial charge in [0, 0.05) is 19.6 Å². The van der Waals surface area contributed by atoms with Crippen molar-refractivity contribution in [2.45, 2.75) is 37.3 Å². The van der Waals surface area contributed by atoms with Crippen LogP contribution < -0.4 is 10.6 Å². The van der Waals surface area contributed by atoms with E-state index in [-0.39, 0.29) is 32.1 Å². The highest BCUT2D eigenvalue weighted by Crippen LogP contribution is 2.44. The number of benzene rings is 2. The molecule has 0 bridgehead atoms. The molecule has 2 amide bonds. The molecule has 9 heteroatoms. The maximum Gasteiger partial charge on any atom is 0.408 e. The summed E-state index contributed by atoms with van der Waals surface area (Å²) in [5.41, 5.74) is 2.91. The second kappa shape index (κ2) is 11.1. The largest absolute Gasteiger partial charge is 0.481 e. The maximum absolute atomic E-state index is 12.9. The Morgan fingerprint density at radius 1 is 1.06 bits per heavy atom. The molecule has 0 radical (unpaired) electrons. The summed E-state index contributed by atoms with van der Waals surface area (Å²) in [6.45, 7) is 1.39. The molecule has 0 aromatic heterocycles. The molecule has 2 unspecified atom stereocenters. The number of methoxy groups -OCH3 is 1. The fourth-order valence-electron chi connectivity index (χ4n) is 4.24. The number of aliphatic hydroxyl groups excluding tert-OH is 1. The predicted octanol–water partition coefficient (Wildman–Crippen LogP) is 2.27. The minimum Gasteiger partial charge on any atom is -0.481 e. The number of carboxylic acids is 1. The maximum atomic E-state index is 12.9. The van der Waals surface area contributed by atoms with E-state index < -0.39 is 36.0 Å². The van der Waals surface area contributed by atoms with Crippen LogP contribution in [0.4, 0.5) is 4.79 Å². The van der Waals surface area contributed by atoms with Crippen LogP contribution in [0.25, 0.3) is 11.1 Å². The van der Waals surface area contributed by atoms with E-state index in [0.29, 0.717) is 0 Å². The van der Waals surface area contributed by atoms with Crippen LogP contribution in [0.2, 0.25) is 0 Å².